The topological polar surface area (TPSA) is 21.3 Å². The van der Waals surface area contributed by atoms with Gasteiger partial charge in [-0.3, -0.25) is 0 Å². The Morgan fingerprint density at radius 2 is 2.05 bits per heavy atom. The monoisotopic (exact) mass is 367 g/mol. The lowest BCUT2D eigenvalue weighted by Crippen LogP contribution is -2.22. The van der Waals surface area contributed by atoms with Gasteiger partial charge in [-0.1, -0.05) is 19.1 Å². The normalized spacial score (nSPS) is 12.6. The first-order valence-corrected chi connectivity index (χ1v) is 9.01. The van der Waals surface area contributed by atoms with Crippen molar-refractivity contribution in [3.8, 4) is 5.75 Å². The van der Waals surface area contributed by atoms with E-state index in [-0.39, 0.29) is 12.1 Å². The van der Waals surface area contributed by atoms with Gasteiger partial charge >= 0.3 is 0 Å². The lowest BCUT2D eigenvalue weighted by atomic mass is 10.0. The number of benzene rings is 1. The van der Waals surface area contributed by atoms with E-state index in [1.54, 1.807) is 11.3 Å². The van der Waals surface area contributed by atoms with E-state index in [2.05, 4.69) is 71.7 Å². The molecule has 0 spiro atoms. The average Bonchev–Trinajstić information content (AvgIpc) is 2.85. The third-order valence-corrected chi connectivity index (χ3v) is 4.61. The number of thiophene rings is 1. The van der Waals surface area contributed by atoms with Crippen molar-refractivity contribution < 1.29 is 4.74 Å². The van der Waals surface area contributed by atoms with Crippen molar-refractivity contribution in [3.63, 3.8) is 0 Å². The van der Waals surface area contributed by atoms with Gasteiger partial charge in [-0.15, -0.1) is 11.3 Å². The van der Waals surface area contributed by atoms with Crippen LogP contribution in [0.3, 0.4) is 0 Å². The summed E-state index contributed by atoms with van der Waals surface area (Å²) in [5.41, 5.74) is 2.54. The van der Waals surface area contributed by atoms with Crippen LogP contribution in [0.15, 0.2) is 39.5 Å². The Balaban J connectivity index is 2.27. The fourth-order valence-corrected chi connectivity index (χ4v) is 3.43. The smallest absolute Gasteiger partial charge is 0.120 e. The van der Waals surface area contributed by atoms with Crippen molar-refractivity contribution in [3.05, 3.63) is 50.6 Å². The summed E-state index contributed by atoms with van der Waals surface area (Å²) in [5, 5.41) is 5.83. The fourth-order valence-electron chi connectivity index (χ4n) is 2.23. The van der Waals surface area contributed by atoms with E-state index in [9.17, 15) is 0 Å². The van der Waals surface area contributed by atoms with Gasteiger partial charge in [0, 0.05) is 0 Å². The quantitative estimate of drug-likeness (QED) is 0.708. The SMILES string of the molecule is CCCNC(c1cccc(OC(C)C)c1)c1csc(Br)c1. The number of halogens is 1. The van der Waals surface area contributed by atoms with Crippen molar-refractivity contribution in [1.82, 2.24) is 5.32 Å². The molecule has 1 aromatic heterocycles. The minimum atomic E-state index is 0.192. The average molecular weight is 368 g/mol. The molecule has 114 valence electrons. The predicted octanol–water partition coefficient (Wildman–Crippen LogP) is 5.39. The Kier molecular flexibility index (Phi) is 6.27. The summed E-state index contributed by atoms with van der Waals surface area (Å²) >= 11 is 5.28. The number of rotatable bonds is 7. The van der Waals surface area contributed by atoms with E-state index in [4.69, 9.17) is 4.74 Å². The van der Waals surface area contributed by atoms with Crippen LogP contribution < -0.4 is 10.1 Å². The molecule has 2 rings (SSSR count). The Bertz CT molecular complexity index is 567. The van der Waals surface area contributed by atoms with Gasteiger partial charge in [-0.2, -0.15) is 0 Å². The zero-order chi connectivity index (χ0) is 15.2. The van der Waals surface area contributed by atoms with Gasteiger partial charge in [-0.05, 0) is 77.4 Å². The van der Waals surface area contributed by atoms with E-state index in [0.29, 0.717) is 0 Å². The van der Waals surface area contributed by atoms with Gasteiger partial charge in [0.05, 0.1) is 15.9 Å². The van der Waals surface area contributed by atoms with Gasteiger partial charge in [0.15, 0.2) is 0 Å². The van der Waals surface area contributed by atoms with Crippen molar-refractivity contribution in [2.75, 3.05) is 6.54 Å². The van der Waals surface area contributed by atoms with Crippen LogP contribution in [0.5, 0.6) is 5.75 Å². The van der Waals surface area contributed by atoms with Crippen LogP contribution in [0.1, 0.15) is 44.4 Å². The molecule has 2 nitrogen and oxygen atoms in total. The molecule has 0 aliphatic rings. The van der Waals surface area contributed by atoms with Crippen LogP contribution in [-0.2, 0) is 0 Å². The van der Waals surface area contributed by atoms with Crippen LogP contribution in [0.4, 0.5) is 0 Å². The second-order valence-corrected chi connectivity index (χ2v) is 7.60. The maximum Gasteiger partial charge on any atom is 0.120 e. The maximum absolute atomic E-state index is 5.82. The molecule has 0 saturated heterocycles. The summed E-state index contributed by atoms with van der Waals surface area (Å²) in [7, 11) is 0. The van der Waals surface area contributed by atoms with E-state index >= 15 is 0 Å². The van der Waals surface area contributed by atoms with Crippen molar-refractivity contribution >= 4 is 27.3 Å². The molecule has 1 aromatic carbocycles. The van der Waals surface area contributed by atoms with Gasteiger partial charge in [0.1, 0.15) is 5.75 Å². The van der Waals surface area contributed by atoms with E-state index < -0.39 is 0 Å². The minimum Gasteiger partial charge on any atom is -0.491 e. The first kappa shape index (κ1) is 16.5. The molecule has 0 saturated carbocycles. The highest BCUT2D eigenvalue weighted by Gasteiger charge is 2.15. The third kappa shape index (κ3) is 4.83. The lowest BCUT2D eigenvalue weighted by Gasteiger charge is -2.19. The molecule has 0 radical (unpaired) electrons. The second-order valence-electron chi connectivity index (χ2n) is 5.31. The first-order chi connectivity index (χ1) is 10.1. The van der Waals surface area contributed by atoms with Crippen molar-refractivity contribution in [2.24, 2.45) is 0 Å². The molecule has 1 unspecified atom stereocenters. The molecule has 2 aromatic rings. The molecule has 0 aliphatic carbocycles. The van der Waals surface area contributed by atoms with E-state index in [1.165, 1.54) is 11.1 Å². The van der Waals surface area contributed by atoms with Crippen molar-refractivity contribution in [1.29, 1.82) is 0 Å². The Morgan fingerprint density at radius 1 is 1.24 bits per heavy atom. The lowest BCUT2D eigenvalue weighted by molar-refractivity contribution is 0.242. The maximum atomic E-state index is 5.82. The Morgan fingerprint density at radius 3 is 2.67 bits per heavy atom. The predicted molar refractivity (Wildman–Crippen MR) is 94.4 cm³/mol. The Hall–Kier alpha value is -0.840. The van der Waals surface area contributed by atoms with Crippen LogP contribution >= 0.6 is 27.3 Å². The summed E-state index contributed by atoms with van der Waals surface area (Å²) in [5.74, 6) is 0.931. The number of hydrogen-bond acceptors (Lipinski definition) is 3. The Labute approximate surface area is 139 Å². The van der Waals surface area contributed by atoms with Gasteiger partial charge in [0.25, 0.3) is 0 Å². The molecule has 0 bridgehead atoms. The number of ether oxygens (including phenoxy) is 1. The molecule has 0 fully saturated rings. The van der Waals surface area contributed by atoms with Crippen LogP contribution in [0.2, 0.25) is 0 Å². The standard InChI is InChI=1S/C17H22BrNOS/c1-4-8-19-17(14-10-16(18)21-11-14)13-6-5-7-15(9-13)20-12(2)3/h5-7,9-12,17,19H,4,8H2,1-3H3. The largest absolute Gasteiger partial charge is 0.491 e. The summed E-state index contributed by atoms with van der Waals surface area (Å²) in [6, 6.07) is 10.8. The van der Waals surface area contributed by atoms with Gasteiger partial charge < -0.3 is 10.1 Å². The molecular weight excluding hydrogens is 346 g/mol. The molecule has 1 N–H and O–H groups in total. The van der Waals surface area contributed by atoms with Crippen LogP contribution in [0.25, 0.3) is 0 Å². The molecular formula is C17H22BrNOS. The summed E-state index contributed by atoms with van der Waals surface area (Å²) in [4.78, 5) is 0. The van der Waals surface area contributed by atoms with Crippen LogP contribution in [-0.4, -0.2) is 12.6 Å². The molecule has 21 heavy (non-hydrogen) atoms. The van der Waals surface area contributed by atoms with E-state index in [0.717, 1.165) is 22.5 Å². The molecule has 0 aliphatic heterocycles. The zero-order valence-corrected chi connectivity index (χ0v) is 15.1. The highest BCUT2D eigenvalue weighted by molar-refractivity contribution is 9.11. The molecule has 0 amide bonds. The third-order valence-electron chi connectivity index (χ3n) is 3.08. The van der Waals surface area contributed by atoms with Crippen molar-refractivity contribution in [2.45, 2.75) is 39.3 Å². The summed E-state index contributed by atoms with van der Waals surface area (Å²) < 4.78 is 6.98. The molecule has 4 heteroatoms. The van der Waals surface area contributed by atoms with Crippen LogP contribution in [0, 0.1) is 0 Å². The van der Waals surface area contributed by atoms with Gasteiger partial charge in [0.2, 0.25) is 0 Å². The molecule has 1 atom stereocenters. The van der Waals surface area contributed by atoms with E-state index in [1.807, 2.05) is 6.07 Å². The second kappa shape index (κ2) is 7.97. The minimum absolute atomic E-state index is 0.192. The highest BCUT2D eigenvalue weighted by atomic mass is 79.9. The van der Waals surface area contributed by atoms with Gasteiger partial charge in [-0.25, -0.2) is 0 Å². The highest BCUT2D eigenvalue weighted by Crippen LogP contribution is 2.31. The number of nitrogens with one attached hydrogen (secondary N) is 1. The first-order valence-electron chi connectivity index (χ1n) is 7.34. The molecule has 1 heterocycles. The summed E-state index contributed by atoms with van der Waals surface area (Å²) in [6.45, 7) is 7.28. The fraction of sp³-hybridized carbons (Fsp3) is 0.412. The number of hydrogen-bond donors (Lipinski definition) is 1. The zero-order valence-electron chi connectivity index (χ0n) is 12.7. The summed E-state index contributed by atoms with van der Waals surface area (Å²) in [6.07, 6.45) is 1.31.